The van der Waals surface area contributed by atoms with E-state index < -0.39 is 24.2 Å². The van der Waals surface area contributed by atoms with Gasteiger partial charge in [-0.15, -0.1) is 0 Å². The molecule has 4 rings (SSSR count). The molecule has 1 aromatic carbocycles. The van der Waals surface area contributed by atoms with E-state index in [1.165, 1.54) is 35.2 Å². The summed E-state index contributed by atoms with van der Waals surface area (Å²) in [6.07, 6.45) is -3.74. The van der Waals surface area contributed by atoms with Crippen molar-refractivity contribution in [2.75, 3.05) is 32.1 Å². The number of nitrogens with zero attached hydrogens (tertiary/aromatic N) is 3. The summed E-state index contributed by atoms with van der Waals surface area (Å²) in [6.45, 7) is 5.92. The van der Waals surface area contributed by atoms with E-state index >= 15 is 0 Å². The topological polar surface area (TPSA) is 74.8 Å². The Labute approximate surface area is 208 Å². The van der Waals surface area contributed by atoms with Gasteiger partial charge in [0.2, 0.25) is 5.91 Å². The number of benzene rings is 1. The number of halogens is 3. The van der Waals surface area contributed by atoms with Crippen LogP contribution in [-0.4, -0.2) is 71.7 Å². The van der Waals surface area contributed by atoms with Gasteiger partial charge in [0.15, 0.2) is 12.1 Å². The molecule has 1 N–H and O–H groups in total. The van der Waals surface area contributed by atoms with Crippen LogP contribution in [-0.2, 0) is 26.2 Å². The number of morpholine rings is 1. The Bertz CT molecular complexity index is 1120. The zero-order valence-corrected chi connectivity index (χ0v) is 20.8. The lowest BCUT2D eigenvalue weighted by Gasteiger charge is -2.36. The molecule has 7 nitrogen and oxygen atoms in total. The molecule has 1 aliphatic heterocycles. The molecule has 1 aliphatic carbocycles. The van der Waals surface area contributed by atoms with E-state index in [4.69, 9.17) is 4.74 Å². The van der Waals surface area contributed by atoms with Crippen molar-refractivity contribution in [3.8, 4) is 0 Å². The van der Waals surface area contributed by atoms with Gasteiger partial charge < -0.3 is 19.9 Å². The van der Waals surface area contributed by atoms with Crippen molar-refractivity contribution in [2.24, 2.45) is 0 Å². The standard InChI is InChI=1S/C26H31F3N4O3/c1-16(34)33-11-12-36-21(15-33)24(35)32(4)23(26(27,28)29)20-10-9-18(14-30-20)31-22-13-17-7-5-6-8-19(17)25(22,2)3/h5-10,14,21-23,31H,11-13,15H2,1-4H3/t21?,22?,23-/m0/s1. The molecule has 1 fully saturated rings. The molecule has 0 spiro atoms. The van der Waals surface area contributed by atoms with Crippen LogP contribution in [0.1, 0.15) is 43.6 Å². The van der Waals surface area contributed by atoms with E-state index in [2.05, 4.69) is 36.3 Å². The Balaban J connectivity index is 1.50. The first-order chi connectivity index (χ1) is 16.9. The molecular formula is C26H31F3N4O3. The molecule has 3 atom stereocenters. The molecular weight excluding hydrogens is 473 g/mol. The number of alkyl halides is 3. The second-order valence-corrected chi connectivity index (χ2v) is 9.97. The third-order valence-corrected chi connectivity index (χ3v) is 7.25. The molecule has 0 radical (unpaired) electrons. The number of carbonyl (C=O) groups excluding carboxylic acids is 2. The number of aromatic nitrogens is 1. The van der Waals surface area contributed by atoms with Gasteiger partial charge in [-0.1, -0.05) is 38.1 Å². The van der Waals surface area contributed by atoms with Gasteiger partial charge in [0.25, 0.3) is 5.91 Å². The van der Waals surface area contributed by atoms with E-state index in [0.717, 1.165) is 13.5 Å². The van der Waals surface area contributed by atoms with Crippen LogP contribution in [0.15, 0.2) is 42.6 Å². The van der Waals surface area contributed by atoms with E-state index in [1.54, 1.807) is 6.07 Å². The lowest BCUT2D eigenvalue weighted by atomic mass is 9.83. The van der Waals surface area contributed by atoms with Gasteiger partial charge in [-0.25, -0.2) is 0 Å². The quantitative estimate of drug-likeness (QED) is 0.672. The van der Waals surface area contributed by atoms with E-state index in [-0.39, 0.29) is 36.2 Å². The first kappa shape index (κ1) is 25.9. The molecule has 0 bridgehead atoms. The molecule has 36 heavy (non-hydrogen) atoms. The fraction of sp³-hybridized carbons (Fsp3) is 0.500. The van der Waals surface area contributed by atoms with Crippen molar-refractivity contribution >= 4 is 17.5 Å². The average Bonchev–Trinajstić information content (AvgIpc) is 3.08. The number of nitrogens with one attached hydrogen (secondary N) is 1. The number of fused-ring (bicyclic) bond motifs is 1. The smallest absolute Gasteiger partial charge is 0.380 e. The van der Waals surface area contributed by atoms with Gasteiger partial charge in [0.05, 0.1) is 30.7 Å². The second-order valence-electron chi connectivity index (χ2n) is 9.97. The Morgan fingerprint density at radius 1 is 1.22 bits per heavy atom. The predicted molar refractivity (Wildman–Crippen MR) is 128 cm³/mol. The minimum Gasteiger partial charge on any atom is -0.380 e. The number of anilines is 1. The highest BCUT2D eigenvalue weighted by molar-refractivity contribution is 5.83. The van der Waals surface area contributed by atoms with Crippen LogP contribution in [0.4, 0.5) is 18.9 Å². The van der Waals surface area contributed by atoms with Crippen LogP contribution < -0.4 is 5.32 Å². The molecule has 2 aliphatic rings. The normalized spacial score (nSPS) is 22.0. The molecule has 2 heterocycles. The number of likely N-dealkylation sites (N-methyl/N-ethyl adjacent to an activating group) is 1. The van der Waals surface area contributed by atoms with Gasteiger partial charge in [-0.3, -0.25) is 14.6 Å². The van der Waals surface area contributed by atoms with Gasteiger partial charge in [0, 0.05) is 32.0 Å². The Morgan fingerprint density at radius 3 is 2.56 bits per heavy atom. The molecule has 2 aromatic rings. The number of pyridine rings is 1. The number of carbonyl (C=O) groups is 2. The van der Waals surface area contributed by atoms with E-state index in [1.807, 2.05) is 12.1 Å². The number of hydrogen-bond acceptors (Lipinski definition) is 5. The van der Waals surface area contributed by atoms with Crippen molar-refractivity contribution < 1.29 is 27.5 Å². The Hall–Kier alpha value is -3.14. The fourth-order valence-electron chi connectivity index (χ4n) is 5.10. The molecule has 2 unspecified atom stereocenters. The van der Waals surface area contributed by atoms with Crippen LogP contribution in [0.3, 0.4) is 0 Å². The van der Waals surface area contributed by atoms with Gasteiger partial charge in [-0.05, 0) is 29.7 Å². The maximum Gasteiger partial charge on any atom is 0.414 e. The summed E-state index contributed by atoms with van der Waals surface area (Å²) in [5.74, 6) is -1.11. The lowest BCUT2D eigenvalue weighted by Crippen LogP contribution is -2.53. The number of ether oxygens (including phenoxy) is 1. The maximum atomic E-state index is 14.1. The summed E-state index contributed by atoms with van der Waals surface area (Å²) >= 11 is 0. The summed E-state index contributed by atoms with van der Waals surface area (Å²) < 4.78 is 47.7. The summed E-state index contributed by atoms with van der Waals surface area (Å²) in [5, 5.41) is 3.42. The first-order valence-electron chi connectivity index (χ1n) is 11.9. The lowest BCUT2D eigenvalue weighted by molar-refractivity contribution is -0.196. The van der Waals surface area contributed by atoms with Gasteiger partial charge >= 0.3 is 6.18 Å². The molecule has 2 amide bonds. The van der Waals surface area contributed by atoms with E-state index in [0.29, 0.717) is 17.1 Å². The number of rotatable bonds is 5. The Morgan fingerprint density at radius 2 is 1.94 bits per heavy atom. The summed E-state index contributed by atoms with van der Waals surface area (Å²) in [7, 11) is 1.09. The summed E-state index contributed by atoms with van der Waals surface area (Å²) in [4.78, 5) is 30.7. The molecule has 1 saturated heterocycles. The molecule has 0 saturated carbocycles. The molecule has 1 aromatic heterocycles. The SMILES string of the molecule is CC(=O)N1CCOC(C(=O)N(C)[C@@H](c2ccc(NC3Cc4ccccc4C3(C)C)cn2)C(F)(F)F)C1. The highest BCUT2D eigenvalue weighted by atomic mass is 19.4. The van der Waals surface area contributed by atoms with Crippen LogP contribution in [0, 0.1) is 0 Å². The predicted octanol–water partition coefficient (Wildman–Crippen LogP) is 3.71. The highest BCUT2D eigenvalue weighted by Gasteiger charge is 2.48. The maximum absolute atomic E-state index is 14.1. The van der Waals surface area contributed by atoms with Gasteiger partial charge in [0.1, 0.15) is 0 Å². The zero-order chi connectivity index (χ0) is 26.3. The molecule has 10 heteroatoms. The van der Waals surface area contributed by atoms with Crippen molar-refractivity contribution in [2.45, 2.75) is 57.0 Å². The van der Waals surface area contributed by atoms with Crippen molar-refractivity contribution in [3.05, 3.63) is 59.4 Å². The van der Waals surface area contributed by atoms with Crippen molar-refractivity contribution in [1.29, 1.82) is 0 Å². The van der Waals surface area contributed by atoms with Crippen molar-refractivity contribution in [3.63, 3.8) is 0 Å². The van der Waals surface area contributed by atoms with Crippen LogP contribution in [0.5, 0.6) is 0 Å². The monoisotopic (exact) mass is 504 g/mol. The van der Waals surface area contributed by atoms with Gasteiger partial charge in [-0.2, -0.15) is 13.2 Å². The largest absolute Gasteiger partial charge is 0.414 e. The zero-order valence-electron chi connectivity index (χ0n) is 20.8. The van der Waals surface area contributed by atoms with Crippen LogP contribution in [0.2, 0.25) is 0 Å². The Kier molecular flexibility index (Phi) is 7.01. The van der Waals surface area contributed by atoms with Crippen LogP contribution >= 0.6 is 0 Å². The number of amides is 2. The highest BCUT2D eigenvalue weighted by Crippen LogP contribution is 2.40. The first-order valence-corrected chi connectivity index (χ1v) is 11.9. The van der Waals surface area contributed by atoms with Crippen molar-refractivity contribution in [1.82, 2.24) is 14.8 Å². The third kappa shape index (κ3) is 5.04. The van der Waals surface area contributed by atoms with E-state index in [9.17, 15) is 22.8 Å². The number of hydrogen-bond donors (Lipinski definition) is 1. The average molecular weight is 505 g/mol. The van der Waals surface area contributed by atoms with Crippen LogP contribution in [0.25, 0.3) is 0 Å². The summed E-state index contributed by atoms with van der Waals surface area (Å²) in [5.41, 5.74) is 2.64. The second kappa shape index (κ2) is 9.72. The molecule has 194 valence electrons. The fourth-order valence-corrected chi connectivity index (χ4v) is 5.10. The minimum atomic E-state index is -4.75. The summed E-state index contributed by atoms with van der Waals surface area (Å²) in [6, 6.07) is 8.86. The third-order valence-electron chi connectivity index (χ3n) is 7.25. The minimum absolute atomic E-state index is 0.0536.